The van der Waals surface area contributed by atoms with Crippen LogP contribution in [0.25, 0.3) is 21.7 Å². The Morgan fingerprint density at radius 2 is 1.66 bits per heavy atom. The van der Waals surface area contributed by atoms with Crippen molar-refractivity contribution in [2.24, 2.45) is 0 Å². The third kappa shape index (κ3) is 4.96. The average Bonchev–Trinajstić information content (AvgIpc) is 3.35. The van der Waals surface area contributed by atoms with E-state index in [4.69, 9.17) is 14.5 Å². The van der Waals surface area contributed by atoms with Crippen molar-refractivity contribution in [3.05, 3.63) is 82.8 Å². The molecule has 0 bridgehead atoms. The number of aliphatic carboxylic acids is 1. The summed E-state index contributed by atoms with van der Waals surface area (Å²) in [4.78, 5) is 30.2. The lowest BCUT2D eigenvalue weighted by Crippen LogP contribution is -2.48. The van der Waals surface area contributed by atoms with E-state index in [-0.39, 0.29) is 6.42 Å². The highest BCUT2D eigenvalue weighted by atomic mass is 32.1. The number of benzene rings is 3. The molecular weight excluding hydrogens is 504 g/mol. The predicted octanol–water partition coefficient (Wildman–Crippen LogP) is 5.37. The van der Waals surface area contributed by atoms with Crippen LogP contribution in [0.15, 0.2) is 66.7 Å². The smallest absolute Gasteiger partial charge is 0.323 e. The molecule has 2 N–H and O–H groups in total. The van der Waals surface area contributed by atoms with Crippen molar-refractivity contribution in [3.63, 3.8) is 0 Å². The lowest BCUT2D eigenvalue weighted by molar-refractivity contribution is -0.429. The number of ether oxygens (including phenoxy) is 2. The van der Waals surface area contributed by atoms with Crippen LogP contribution in [0.3, 0.4) is 0 Å². The summed E-state index contributed by atoms with van der Waals surface area (Å²) < 4.78 is 11.4. The summed E-state index contributed by atoms with van der Waals surface area (Å²) in [6, 6.07) is 20.0. The van der Waals surface area contributed by atoms with Gasteiger partial charge < -0.3 is 14.6 Å². The number of fused-ring (bicyclic) bond motifs is 1. The molecule has 0 amide bonds. The predicted molar refractivity (Wildman–Crippen MR) is 146 cm³/mol. The molecule has 0 aliphatic carbocycles. The second kappa shape index (κ2) is 10.6. The van der Waals surface area contributed by atoms with Gasteiger partial charge in [0.15, 0.2) is 12.2 Å². The molecule has 10 heteroatoms. The lowest BCUT2D eigenvalue weighted by atomic mass is 9.93. The Labute approximate surface area is 223 Å². The van der Waals surface area contributed by atoms with E-state index < -0.39 is 12.0 Å². The molecule has 1 aliphatic heterocycles. The van der Waals surface area contributed by atoms with Gasteiger partial charge in [0, 0.05) is 39.8 Å². The third-order valence-corrected chi connectivity index (χ3v) is 7.58. The Balaban J connectivity index is 1.53. The first-order chi connectivity index (χ1) is 18.4. The Bertz CT molecular complexity index is 1420. The van der Waals surface area contributed by atoms with Crippen LogP contribution in [0.5, 0.6) is 11.5 Å². The van der Waals surface area contributed by atoms with Crippen LogP contribution in [0.4, 0.5) is 10.8 Å². The van der Waals surface area contributed by atoms with Gasteiger partial charge in [0.1, 0.15) is 17.5 Å². The number of nitrogens with one attached hydrogen (secondary N) is 1. The number of carboxylic acids is 1. The minimum atomic E-state index is -0.978. The molecule has 2 heterocycles. The maximum absolute atomic E-state index is 12.3. The van der Waals surface area contributed by atoms with Gasteiger partial charge in [-0.3, -0.25) is 10.2 Å². The summed E-state index contributed by atoms with van der Waals surface area (Å²) in [5.41, 5.74) is 8.05. The molecular formula is C28H27N4O5S+. The van der Waals surface area contributed by atoms with E-state index >= 15 is 0 Å². The van der Waals surface area contributed by atoms with Gasteiger partial charge in [-0.05, 0) is 59.7 Å². The number of rotatable bonds is 8. The van der Waals surface area contributed by atoms with Crippen LogP contribution in [-0.4, -0.2) is 53.1 Å². The summed E-state index contributed by atoms with van der Waals surface area (Å²) in [5.74, 6) is 0.517. The monoisotopic (exact) mass is 531 g/mol. The van der Waals surface area contributed by atoms with Gasteiger partial charge in [0.2, 0.25) is 0 Å². The van der Waals surface area contributed by atoms with Crippen molar-refractivity contribution < 1.29 is 24.1 Å². The number of hydrogen-bond acceptors (Lipinski definition) is 8. The molecule has 0 radical (unpaired) electrons. The standard InChI is InChI=1S/C28H26N4O5S/c1-31(35)23-6-4-5-19-16-32(24(27(33)34)15-22(19)23)30-28-29-25(17-7-11-20(36-2)12-8-17)26(38-28)18-9-13-21(37-3)14-10-18/h4-14,24H,15-16H2,1-3H3,(H-,29,30,33,34)/p+1. The first-order valence-electron chi connectivity index (χ1n) is 12.0. The molecule has 1 atom stereocenters. The highest BCUT2D eigenvalue weighted by Crippen LogP contribution is 2.41. The number of methoxy groups -OCH3 is 2. The summed E-state index contributed by atoms with van der Waals surface area (Å²) in [7, 11) is 4.67. The van der Waals surface area contributed by atoms with E-state index in [1.54, 1.807) is 25.3 Å². The maximum atomic E-state index is 12.3. The van der Waals surface area contributed by atoms with Crippen molar-refractivity contribution in [1.82, 2.24) is 9.99 Å². The largest absolute Gasteiger partial charge is 0.497 e. The van der Waals surface area contributed by atoms with E-state index in [0.717, 1.165) is 49.1 Å². The fourth-order valence-electron chi connectivity index (χ4n) is 4.61. The zero-order valence-corrected chi connectivity index (χ0v) is 22.0. The maximum Gasteiger partial charge on any atom is 0.323 e. The number of hydrogen-bond donors (Lipinski definition) is 2. The minimum absolute atomic E-state index is 0.197. The number of anilines is 1. The molecule has 4 aromatic rings. The third-order valence-electron chi connectivity index (χ3n) is 6.57. The molecule has 0 saturated carbocycles. The Morgan fingerprint density at radius 1 is 1.03 bits per heavy atom. The van der Waals surface area contributed by atoms with Gasteiger partial charge in [-0.2, -0.15) is 0 Å². The second-order valence-corrected chi connectivity index (χ2v) is 9.86. The molecule has 38 heavy (non-hydrogen) atoms. The lowest BCUT2D eigenvalue weighted by Gasteiger charge is -2.33. The number of carboxylic acid groups (broad SMARTS) is 1. The summed E-state index contributed by atoms with van der Waals surface area (Å²) >= 11 is 1.44. The van der Waals surface area contributed by atoms with Gasteiger partial charge in [0.05, 0.1) is 24.8 Å². The number of carbonyl (C=O) groups is 1. The molecule has 0 spiro atoms. The number of hydrazine groups is 1. The summed E-state index contributed by atoms with van der Waals surface area (Å²) in [5, 5.41) is 12.3. The van der Waals surface area contributed by atoms with Gasteiger partial charge in [-0.1, -0.05) is 23.5 Å². The zero-order chi connectivity index (χ0) is 26.8. The van der Waals surface area contributed by atoms with E-state index in [2.05, 4.69) is 5.43 Å². The summed E-state index contributed by atoms with van der Waals surface area (Å²) in [6.07, 6.45) is 0.197. The highest BCUT2D eigenvalue weighted by molar-refractivity contribution is 7.19. The number of aromatic nitrogens is 1. The van der Waals surface area contributed by atoms with E-state index in [0.29, 0.717) is 17.4 Å². The number of nitrogens with zero attached hydrogens (tertiary/aromatic N) is 3. The molecule has 1 aliphatic rings. The molecule has 194 valence electrons. The summed E-state index contributed by atoms with van der Waals surface area (Å²) in [6.45, 7) is 0.309. The second-order valence-electron chi connectivity index (χ2n) is 8.86. The number of nitroso groups, excluding NO2 is 1. The van der Waals surface area contributed by atoms with Gasteiger partial charge in [-0.25, -0.2) is 9.99 Å². The fraction of sp³-hybridized carbons (Fsp3) is 0.214. The Hall–Kier alpha value is -4.28. The van der Waals surface area contributed by atoms with E-state index in [9.17, 15) is 14.8 Å². The van der Waals surface area contributed by atoms with Crippen molar-refractivity contribution in [2.75, 3.05) is 26.7 Å². The van der Waals surface area contributed by atoms with Gasteiger partial charge >= 0.3 is 5.97 Å². The van der Waals surface area contributed by atoms with Crippen LogP contribution < -0.4 is 14.9 Å². The minimum Gasteiger partial charge on any atom is -0.497 e. The van der Waals surface area contributed by atoms with Gasteiger partial charge in [-0.15, -0.1) is 0 Å². The Kier molecular flexibility index (Phi) is 7.08. The molecule has 0 fully saturated rings. The van der Waals surface area contributed by atoms with Crippen molar-refractivity contribution in [1.29, 1.82) is 0 Å². The first-order valence-corrected chi connectivity index (χ1v) is 12.8. The molecule has 5 rings (SSSR count). The topological polar surface area (TPSA) is 104 Å². The van der Waals surface area contributed by atoms with Crippen LogP contribution >= 0.6 is 11.3 Å². The molecule has 1 aromatic heterocycles. The molecule has 1 unspecified atom stereocenters. The van der Waals surface area contributed by atoms with Crippen LogP contribution in [-0.2, 0) is 17.8 Å². The molecule has 9 nitrogen and oxygen atoms in total. The SMILES string of the molecule is COc1ccc(-c2nc(NN3Cc4cccc([N+](C)=O)c4CC3C(=O)O)sc2-c2ccc(OC)cc2)cc1. The first kappa shape index (κ1) is 25.4. The normalized spacial score (nSPS) is 15.0. The molecule has 0 saturated heterocycles. The van der Waals surface area contributed by atoms with Crippen molar-refractivity contribution in [3.8, 4) is 33.2 Å². The van der Waals surface area contributed by atoms with Crippen molar-refractivity contribution >= 4 is 28.1 Å². The van der Waals surface area contributed by atoms with Gasteiger partial charge in [0.25, 0.3) is 5.69 Å². The fourth-order valence-corrected chi connectivity index (χ4v) is 5.62. The quantitative estimate of drug-likeness (QED) is 0.293. The Morgan fingerprint density at radius 3 is 2.24 bits per heavy atom. The number of thiazole rings is 1. The van der Waals surface area contributed by atoms with E-state index in [1.165, 1.54) is 18.4 Å². The van der Waals surface area contributed by atoms with Crippen LogP contribution in [0.1, 0.15) is 11.1 Å². The van der Waals surface area contributed by atoms with E-state index in [1.807, 2.05) is 60.7 Å². The van der Waals surface area contributed by atoms with Crippen molar-refractivity contribution in [2.45, 2.75) is 19.0 Å². The molecule has 3 aromatic carbocycles. The average molecular weight is 532 g/mol. The van der Waals surface area contributed by atoms with Crippen LogP contribution in [0.2, 0.25) is 0 Å². The highest BCUT2D eigenvalue weighted by Gasteiger charge is 2.36. The zero-order valence-electron chi connectivity index (χ0n) is 21.2. The van der Waals surface area contributed by atoms with Crippen LogP contribution in [0, 0.1) is 4.91 Å².